The summed E-state index contributed by atoms with van der Waals surface area (Å²) in [6, 6.07) is 13.8. The van der Waals surface area contributed by atoms with Crippen LogP contribution in [0.25, 0.3) is 16.6 Å². The Morgan fingerprint density at radius 2 is 1.87 bits per heavy atom. The molecule has 2 heterocycles. The minimum Gasteiger partial charge on any atom is -0.352 e. The number of benzene rings is 2. The van der Waals surface area contributed by atoms with Crippen LogP contribution in [-0.2, 0) is 4.79 Å². The molecule has 4 rings (SSSR count). The van der Waals surface area contributed by atoms with Crippen molar-refractivity contribution in [2.24, 2.45) is 0 Å². The molecule has 190 valence electrons. The lowest BCUT2D eigenvalue weighted by Crippen LogP contribution is -2.34. The smallest absolute Gasteiger partial charge is 0.272 e. The Bertz CT molecular complexity index is 1630. The molecule has 0 fully saturated rings. The summed E-state index contributed by atoms with van der Waals surface area (Å²) in [6.07, 6.45) is 4.58. The number of fused-ring (bicyclic) bond motifs is 1. The van der Waals surface area contributed by atoms with E-state index in [0.717, 1.165) is 0 Å². The summed E-state index contributed by atoms with van der Waals surface area (Å²) in [5, 5.41) is 5.93. The lowest BCUT2D eigenvalue weighted by molar-refractivity contribution is -0.116. The molecule has 0 aliphatic heterocycles. The molecular formula is C29H26N6O3. The van der Waals surface area contributed by atoms with Crippen molar-refractivity contribution < 1.29 is 9.59 Å². The van der Waals surface area contributed by atoms with E-state index in [4.69, 9.17) is 4.98 Å². The van der Waals surface area contributed by atoms with Gasteiger partial charge in [0.2, 0.25) is 5.91 Å². The second-order valence-electron chi connectivity index (χ2n) is 8.38. The Kier molecular flexibility index (Phi) is 8.04. The molecule has 2 aromatic carbocycles. The third-order valence-corrected chi connectivity index (χ3v) is 5.73. The number of para-hydroxylation sites is 1. The zero-order valence-corrected chi connectivity index (χ0v) is 21.1. The summed E-state index contributed by atoms with van der Waals surface area (Å²) in [5.41, 5.74) is 1.98. The van der Waals surface area contributed by atoms with Crippen molar-refractivity contribution in [2.45, 2.75) is 26.3 Å². The summed E-state index contributed by atoms with van der Waals surface area (Å²) in [6.45, 7) is 7.25. The summed E-state index contributed by atoms with van der Waals surface area (Å²) >= 11 is 0. The monoisotopic (exact) mass is 506 g/mol. The van der Waals surface area contributed by atoms with E-state index < -0.39 is 11.9 Å². The van der Waals surface area contributed by atoms with Crippen molar-refractivity contribution in [3.05, 3.63) is 107 Å². The predicted molar refractivity (Wildman–Crippen MR) is 145 cm³/mol. The molecule has 0 radical (unpaired) electrons. The van der Waals surface area contributed by atoms with E-state index in [-0.39, 0.29) is 17.2 Å². The quantitative estimate of drug-likeness (QED) is 0.226. The fraction of sp³-hybridized carbons (Fsp3) is 0.172. The summed E-state index contributed by atoms with van der Waals surface area (Å²) in [7, 11) is 0. The van der Waals surface area contributed by atoms with Crippen LogP contribution < -0.4 is 16.2 Å². The highest BCUT2D eigenvalue weighted by molar-refractivity contribution is 5.93. The molecule has 0 bridgehead atoms. The molecule has 0 aliphatic carbocycles. The number of carbonyl (C=O) groups excluding carboxylic acids is 2. The number of nitrogens with one attached hydrogen (secondary N) is 2. The third kappa shape index (κ3) is 5.65. The molecule has 2 amide bonds. The SMILES string of the molecule is C=CC(=O)NCCC#Cc1cccc2nc(C(C)NC(=O)c3nccnc3C)n(-c3ccccc3)c(=O)c12. The zero-order chi connectivity index (χ0) is 27.1. The minimum absolute atomic E-state index is 0.204. The van der Waals surface area contributed by atoms with Gasteiger partial charge in [-0.15, -0.1) is 0 Å². The highest BCUT2D eigenvalue weighted by Crippen LogP contribution is 2.20. The maximum atomic E-state index is 14.0. The third-order valence-electron chi connectivity index (χ3n) is 5.73. The van der Waals surface area contributed by atoms with Crippen molar-refractivity contribution in [2.75, 3.05) is 6.54 Å². The molecule has 0 saturated heterocycles. The van der Waals surface area contributed by atoms with Gasteiger partial charge in [0.15, 0.2) is 0 Å². The Morgan fingerprint density at radius 1 is 1.11 bits per heavy atom. The number of amides is 2. The molecule has 1 unspecified atom stereocenters. The van der Waals surface area contributed by atoms with E-state index in [2.05, 4.69) is 39.0 Å². The van der Waals surface area contributed by atoms with Crippen LogP contribution in [0.5, 0.6) is 0 Å². The van der Waals surface area contributed by atoms with Gasteiger partial charge in [0.05, 0.1) is 28.3 Å². The Morgan fingerprint density at radius 3 is 2.61 bits per heavy atom. The van der Waals surface area contributed by atoms with Gasteiger partial charge in [-0.2, -0.15) is 0 Å². The molecule has 0 aliphatic rings. The van der Waals surface area contributed by atoms with Crippen LogP contribution in [0.3, 0.4) is 0 Å². The molecule has 38 heavy (non-hydrogen) atoms. The van der Waals surface area contributed by atoms with Gasteiger partial charge >= 0.3 is 0 Å². The van der Waals surface area contributed by atoms with Crippen molar-refractivity contribution in [1.82, 2.24) is 30.2 Å². The highest BCUT2D eigenvalue weighted by atomic mass is 16.2. The maximum absolute atomic E-state index is 14.0. The van der Waals surface area contributed by atoms with Crippen LogP contribution in [0.15, 0.2) is 78.4 Å². The van der Waals surface area contributed by atoms with Crippen LogP contribution in [0, 0.1) is 18.8 Å². The topological polar surface area (TPSA) is 119 Å². The van der Waals surface area contributed by atoms with Crippen LogP contribution in [0.2, 0.25) is 0 Å². The fourth-order valence-electron chi connectivity index (χ4n) is 3.91. The van der Waals surface area contributed by atoms with E-state index in [0.29, 0.717) is 46.6 Å². The Hall–Kier alpha value is -5.10. The molecule has 1 atom stereocenters. The van der Waals surface area contributed by atoms with Crippen molar-refractivity contribution in [3.63, 3.8) is 0 Å². The van der Waals surface area contributed by atoms with Gasteiger partial charge in [0, 0.05) is 30.9 Å². The first-order valence-electron chi connectivity index (χ1n) is 12.0. The van der Waals surface area contributed by atoms with Gasteiger partial charge in [-0.05, 0) is 44.2 Å². The van der Waals surface area contributed by atoms with Gasteiger partial charge in [0.25, 0.3) is 11.5 Å². The number of aromatic nitrogens is 4. The average molecular weight is 507 g/mol. The van der Waals surface area contributed by atoms with Gasteiger partial charge in [0.1, 0.15) is 11.5 Å². The second-order valence-corrected chi connectivity index (χ2v) is 8.38. The lowest BCUT2D eigenvalue weighted by Gasteiger charge is -2.20. The first-order valence-corrected chi connectivity index (χ1v) is 12.0. The summed E-state index contributed by atoms with van der Waals surface area (Å²) < 4.78 is 1.49. The number of hydrogen-bond donors (Lipinski definition) is 2. The second kappa shape index (κ2) is 11.8. The van der Waals surface area contributed by atoms with Gasteiger partial charge in [-0.1, -0.05) is 42.7 Å². The van der Waals surface area contributed by atoms with E-state index in [1.54, 1.807) is 44.2 Å². The maximum Gasteiger partial charge on any atom is 0.272 e. The number of aryl methyl sites for hydroxylation is 1. The molecule has 9 nitrogen and oxygen atoms in total. The average Bonchev–Trinajstić information content (AvgIpc) is 2.93. The standard InChI is InChI=1S/C29H26N6O3/c1-4-24(36)31-16-9-8-11-21-12-10-15-23-25(21)29(38)35(22-13-6-5-7-14-22)27(34-23)20(3)33-28(37)26-19(2)30-17-18-32-26/h4-7,10,12-15,17-18,20H,1,9,16H2,2-3H3,(H,31,36)(H,33,37). The Balaban J connectivity index is 1.77. The number of hydrogen-bond acceptors (Lipinski definition) is 6. The molecule has 0 saturated carbocycles. The normalized spacial score (nSPS) is 11.2. The van der Waals surface area contributed by atoms with Crippen LogP contribution >= 0.6 is 0 Å². The molecule has 9 heteroatoms. The van der Waals surface area contributed by atoms with E-state index in [1.807, 2.05) is 18.2 Å². The van der Waals surface area contributed by atoms with Crippen molar-refractivity contribution in [1.29, 1.82) is 0 Å². The molecule has 0 spiro atoms. The summed E-state index contributed by atoms with van der Waals surface area (Å²) in [4.78, 5) is 51.3. The predicted octanol–water partition coefficient (Wildman–Crippen LogP) is 3.02. The molecular weight excluding hydrogens is 480 g/mol. The van der Waals surface area contributed by atoms with Crippen molar-refractivity contribution >= 4 is 22.7 Å². The van der Waals surface area contributed by atoms with E-state index >= 15 is 0 Å². The fourth-order valence-corrected chi connectivity index (χ4v) is 3.91. The number of nitrogens with zero attached hydrogens (tertiary/aromatic N) is 4. The van der Waals surface area contributed by atoms with Gasteiger partial charge in [-0.3, -0.25) is 23.9 Å². The van der Waals surface area contributed by atoms with Crippen LogP contribution in [0.4, 0.5) is 0 Å². The molecule has 4 aromatic rings. The number of rotatable bonds is 7. The number of carbonyl (C=O) groups is 2. The first kappa shape index (κ1) is 26.0. The van der Waals surface area contributed by atoms with E-state index in [1.165, 1.54) is 23.0 Å². The van der Waals surface area contributed by atoms with Gasteiger partial charge < -0.3 is 10.6 Å². The van der Waals surface area contributed by atoms with E-state index in [9.17, 15) is 14.4 Å². The van der Waals surface area contributed by atoms with Gasteiger partial charge in [-0.25, -0.2) is 9.97 Å². The van der Waals surface area contributed by atoms with Crippen LogP contribution in [-0.4, -0.2) is 37.9 Å². The van der Waals surface area contributed by atoms with Crippen LogP contribution in [0.1, 0.15) is 47.0 Å². The summed E-state index contributed by atoms with van der Waals surface area (Å²) in [5.74, 6) is 5.72. The minimum atomic E-state index is -0.635. The van der Waals surface area contributed by atoms with Crippen molar-refractivity contribution in [3.8, 4) is 17.5 Å². The molecule has 2 aromatic heterocycles. The highest BCUT2D eigenvalue weighted by Gasteiger charge is 2.22. The molecule has 2 N–H and O–H groups in total. The lowest BCUT2D eigenvalue weighted by atomic mass is 10.1. The zero-order valence-electron chi connectivity index (χ0n) is 21.1. The Labute approximate surface area is 219 Å². The first-order chi connectivity index (χ1) is 18.4. The largest absolute Gasteiger partial charge is 0.352 e.